The average Bonchev–Trinajstić information content (AvgIpc) is 2.85. The van der Waals surface area contributed by atoms with Gasteiger partial charge in [0.2, 0.25) is 5.89 Å². The van der Waals surface area contributed by atoms with Crippen LogP contribution in [0.25, 0.3) is 0 Å². The van der Waals surface area contributed by atoms with Crippen molar-refractivity contribution < 1.29 is 4.52 Å². The van der Waals surface area contributed by atoms with Crippen molar-refractivity contribution in [3.05, 3.63) is 11.7 Å². The smallest absolute Gasteiger partial charge is 0.243 e. The molecular weight excluding hydrogens is 192 g/mol. The molecule has 5 nitrogen and oxygen atoms in total. The normalized spacial score (nSPS) is 23.2. The molecule has 2 unspecified atom stereocenters. The predicted octanol–water partition coefficient (Wildman–Crippen LogP) is 0.644. The molecule has 2 N–H and O–H groups in total. The van der Waals surface area contributed by atoms with Gasteiger partial charge in [-0.2, -0.15) is 4.98 Å². The molecule has 0 saturated carbocycles. The average molecular weight is 210 g/mol. The maximum Gasteiger partial charge on any atom is 0.243 e. The molecule has 0 radical (unpaired) electrons. The van der Waals surface area contributed by atoms with Gasteiger partial charge in [0.15, 0.2) is 5.82 Å². The summed E-state index contributed by atoms with van der Waals surface area (Å²) < 4.78 is 5.24. The Kier molecular flexibility index (Phi) is 3.33. The summed E-state index contributed by atoms with van der Waals surface area (Å²) in [6, 6.07) is 0.656. The van der Waals surface area contributed by atoms with E-state index in [0.29, 0.717) is 6.04 Å². The van der Waals surface area contributed by atoms with Gasteiger partial charge in [-0.15, -0.1) is 0 Å². The first-order valence-corrected chi connectivity index (χ1v) is 5.52. The zero-order valence-electron chi connectivity index (χ0n) is 9.29. The highest BCUT2D eigenvalue weighted by Gasteiger charge is 2.22. The fraction of sp³-hybridized carbons (Fsp3) is 0.800. The lowest BCUT2D eigenvalue weighted by molar-refractivity contribution is 0.340. The molecule has 1 aliphatic rings. The highest BCUT2D eigenvalue weighted by atomic mass is 16.5. The van der Waals surface area contributed by atoms with Crippen LogP contribution in [0.4, 0.5) is 0 Å². The van der Waals surface area contributed by atoms with E-state index >= 15 is 0 Å². The van der Waals surface area contributed by atoms with Crippen LogP contribution in [0.2, 0.25) is 0 Å². The molecule has 0 amide bonds. The van der Waals surface area contributed by atoms with E-state index in [-0.39, 0.29) is 6.04 Å². The summed E-state index contributed by atoms with van der Waals surface area (Å²) in [5.41, 5.74) is 0. The zero-order chi connectivity index (χ0) is 10.7. The summed E-state index contributed by atoms with van der Waals surface area (Å²) >= 11 is 0. The van der Waals surface area contributed by atoms with Crippen molar-refractivity contribution in [1.82, 2.24) is 20.8 Å². The molecule has 84 valence electrons. The first-order chi connectivity index (χ1) is 7.29. The summed E-state index contributed by atoms with van der Waals surface area (Å²) in [7, 11) is 1.93. The van der Waals surface area contributed by atoms with Crippen LogP contribution in [0.1, 0.15) is 37.5 Å². The quantitative estimate of drug-likeness (QED) is 0.763. The third-order valence-electron chi connectivity index (χ3n) is 2.82. The fourth-order valence-electron chi connectivity index (χ4n) is 1.76. The highest BCUT2D eigenvalue weighted by Crippen LogP contribution is 2.21. The van der Waals surface area contributed by atoms with Gasteiger partial charge in [-0.3, -0.25) is 0 Å². The van der Waals surface area contributed by atoms with Crippen LogP contribution in [-0.2, 0) is 6.42 Å². The van der Waals surface area contributed by atoms with Crippen molar-refractivity contribution in [2.75, 3.05) is 13.6 Å². The molecule has 2 rings (SSSR count). The molecule has 0 aliphatic carbocycles. The Morgan fingerprint density at radius 1 is 1.67 bits per heavy atom. The SMILES string of the molecule is CNC(C)Cc1noc(C2CCCN2)n1. The third kappa shape index (κ3) is 2.54. The molecule has 0 bridgehead atoms. The Hall–Kier alpha value is -0.940. The van der Waals surface area contributed by atoms with Gasteiger partial charge in [0.05, 0.1) is 6.04 Å². The number of nitrogens with zero attached hydrogens (tertiary/aromatic N) is 2. The van der Waals surface area contributed by atoms with Gasteiger partial charge in [-0.1, -0.05) is 5.16 Å². The monoisotopic (exact) mass is 210 g/mol. The molecule has 1 aliphatic heterocycles. The fourth-order valence-corrected chi connectivity index (χ4v) is 1.76. The van der Waals surface area contributed by atoms with Gasteiger partial charge >= 0.3 is 0 Å². The van der Waals surface area contributed by atoms with Crippen LogP contribution >= 0.6 is 0 Å². The molecule has 0 aromatic carbocycles. The van der Waals surface area contributed by atoms with Gasteiger partial charge in [0.25, 0.3) is 0 Å². The highest BCUT2D eigenvalue weighted by molar-refractivity contribution is 4.96. The first-order valence-electron chi connectivity index (χ1n) is 5.52. The maximum absolute atomic E-state index is 5.24. The molecule has 1 saturated heterocycles. The Balaban J connectivity index is 1.97. The van der Waals surface area contributed by atoms with E-state index < -0.39 is 0 Å². The molecule has 1 aromatic heterocycles. The molecule has 15 heavy (non-hydrogen) atoms. The summed E-state index contributed by atoms with van der Waals surface area (Å²) in [5, 5.41) is 10.5. The standard InChI is InChI=1S/C10H18N4O/c1-7(11-2)6-9-13-10(15-14-9)8-4-3-5-12-8/h7-8,11-12H,3-6H2,1-2H3. The van der Waals surface area contributed by atoms with Crippen LogP contribution in [0.15, 0.2) is 4.52 Å². The van der Waals surface area contributed by atoms with Crippen LogP contribution < -0.4 is 10.6 Å². The molecule has 2 heterocycles. The number of nitrogens with one attached hydrogen (secondary N) is 2. The lowest BCUT2D eigenvalue weighted by Gasteiger charge is -2.05. The summed E-state index contributed by atoms with van der Waals surface area (Å²) in [6.45, 7) is 3.15. The van der Waals surface area contributed by atoms with Crippen LogP contribution in [0, 0.1) is 0 Å². The van der Waals surface area contributed by atoms with Crippen LogP contribution in [-0.4, -0.2) is 29.8 Å². The Bertz CT molecular complexity index is 306. The van der Waals surface area contributed by atoms with E-state index in [1.807, 2.05) is 7.05 Å². The van der Waals surface area contributed by atoms with E-state index in [1.165, 1.54) is 6.42 Å². The second kappa shape index (κ2) is 4.72. The number of likely N-dealkylation sites (N-methyl/N-ethyl adjacent to an activating group) is 1. The van der Waals surface area contributed by atoms with Gasteiger partial charge in [-0.25, -0.2) is 0 Å². The second-order valence-electron chi connectivity index (χ2n) is 4.09. The Morgan fingerprint density at radius 2 is 2.53 bits per heavy atom. The number of hydrogen-bond acceptors (Lipinski definition) is 5. The largest absolute Gasteiger partial charge is 0.338 e. The molecule has 2 atom stereocenters. The predicted molar refractivity (Wildman–Crippen MR) is 56.5 cm³/mol. The lowest BCUT2D eigenvalue weighted by atomic mass is 10.2. The van der Waals surface area contributed by atoms with Crippen LogP contribution in [0.3, 0.4) is 0 Å². The third-order valence-corrected chi connectivity index (χ3v) is 2.82. The molecule has 1 aromatic rings. The van der Waals surface area contributed by atoms with Crippen molar-refractivity contribution in [3.63, 3.8) is 0 Å². The van der Waals surface area contributed by atoms with Gasteiger partial charge in [0, 0.05) is 12.5 Å². The van der Waals surface area contributed by atoms with Crippen molar-refractivity contribution in [2.24, 2.45) is 0 Å². The van der Waals surface area contributed by atoms with Crippen molar-refractivity contribution in [1.29, 1.82) is 0 Å². The molecule has 5 heteroatoms. The first kappa shape index (κ1) is 10.6. The van der Waals surface area contributed by atoms with Crippen molar-refractivity contribution >= 4 is 0 Å². The van der Waals surface area contributed by atoms with E-state index in [2.05, 4.69) is 27.7 Å². The van der Waals surface area contributed by atoms with Gasteiger partial charge in [0.1, 0.15) is 0 Å². The van der Waals surface area contributed by atoms with E-state index in [9.17, 15) is 0 Å². The van der Waals surface area contributed by atoms with Crippen molar-refractivity contribution in [3.8, 4) is 0 Å². The summed E-state index contributed by atoms with van der Waals surface area (Å²) in [6.07, 6.45) is 3.10. The topological polar surface area (TPSA) is 63.0 Å². The minimum Gasteiger partial charge on any atom is -0.338 e. The number of rotatable bonds is 4. The second-order valence-corrected chi connectivity index (χ2v) is 4.09. The molecule has 0 spiro atoms. The Labute approximate surface area is 89.6 Å². The van der Waals surface area contributed by atoms with Gasteiger partial charge in [-0.05, 0) is 33.4 Å². The van der Waals surface area contributed by atoms with E-state index in [1.54, 1.807) is 0 Å². The van der Waals surface area contributed by atoms with Crippen LogP contribution in [0.5, 0.6) is 0 Å². The molecule has 1 fully saturated rings. The molecular formula is C10H18N4O. The number of hydrogen-bond donors (Lipinski definition) is 2. The summed E-state index contributed by atoms with van der Waals surface area (Å²) in [5.74, 6) is 1.53. The van der Waals surface area contributed by atoms with E-state index in [4.69, 9.17) is 4.52 Å². The number of aromatic nitrogens is 2. The lowest BCUT2D eigenvalue weighted by Crippen LogP contribution is -2.24. The maximum atomic E-state index is 5.24. The van der Waals surface area contributed by atoms with Gasteiger partial charge < -0.3 is 15.2 Å². The zero-order valence-corrected chi connectivity index (χ0v) is 9.29. The van der Waals surface area contributed by atoms with E-state index in [0.717, 1.165) is 31.1 Å². The minimum atomic E-state index is 0.274. The summed E-state index contributed by atoms with van der Waals surface area (Å²) in [4.78, 5) is 4.40. The Morgan fingerprint density at radius 3 is 3.20 bits per heavy atom. The minimum absolute atomic E-state index is 0.274. The van der Waals surface area contributed by atoms with Crippen molar-refractivity contribution in [2.45, 2.75) is 38.3 Å².